The van der Waals surface area contributed by atoms with Crippen LogP contribution in [-0.4, -0.2) is 17.2 Å². The van der Waals surface area contributed by atoms with E-state index in [0.29, 0.717) is 0 Å². The number of nitrogens with zero attached hydrogens (tertiary/aromatic N) is 2. The second-order valence-corrected chi connectivity index (χ2v) is 2.55. The summed E-state index contributed by atoms with van der Waals surface area (Å²) in [4.78, 5) is 9.94. The Morgan fingerprint density at radius 3 is 2.80 bits per heavy atom. The molecule has 0 saturated heterocycles. The molecule has 0 atom stereocenters. The van der Waals surface area contributed by atoms with Gasteiger partial charge in [-0.1, -0.05) is 23.6 Å². The van der Waals surface area contributed by atoms with Crippen LogP contribution in [0.4, 0.5) is 0 Å². The van der Waals surface area contributed by atoms with Crippen molar-refractivity contribution in [3.8, 4) is 0 Å². The second kappa shape index (κ2) is 5.32. The van der Waals surface area contributed by atoms with Crippen molar-refractivity contribution in [2.45, 2.75) is 0 Å². The van der Waals surface area contributed by atoms with Crippen LogP contribution in [-0.2, 0) is 0 Å². The van der Waals surface area contributed by atoms with Crippen LogP contribution in [0.3, 0.4) is 0 Å². The van der Waals surface area contributed by atoms with E-state index in [-0.39, 0.29) is 5.96 Å². The molecule has 0 bridgehead atoms. The topological polar surface area (TPSA) is 108 Å². The molecule has 0 heterocycles. The molecular weight excluding hydrogens is 198 g/mol. The number of hydrogen-bond donors (Lipinski definition) is 3. The molecular formula is C8H10N5O2+. The average Bonchev–Trinajstić information content (AvgIpc) is 2.18. The van der Waals surface area contributed by atoms with Crippen molar-refractivity contribution in [3.63, 3.8) is 0 Å². The van der Waals surface area contributed by atoms with Gasteiger partial charge in [-0.15, -0.1) is 5.10 Å². The van der Waals surface area contributed by atoms with Gasteiger partial charge in [0.1, 0.15) is 0 Å². The van der Waals surface area contributed by atoms with Crippen molar-refractivity contribution in [1.82, 2.24) is 5.43 Å². The first-order chi connectivity index (χ1) is 7.18. The van der Waals surface area contributed by atoms with E-state index in [4.69, 9.17) is 5.73 Å². The number of nitrogens with one attached hydrogen (secondary N) is 2. The number of hydrogen-bond acceptors (Lipinski definition) is 3. The summed E-state index contributed by atoms with van der Waals surface area (Å²) in [6.07, 6.45) is 1.56. The van der Waals surface area contributed by atoms with Crippen LogP contribution in [0.25, 0.3) is 0 Å². The highest BCUT2D eigenvalue weighted by molar-refractivity contribution is 5.77. The molecule has 0 amide bonds. The quantitative estimate of drug-likeness (QED) is 0.235. The fourth-order valence-corrected chi connectivity index (χ4v) is 0.844. The predicted molar refractivity (Wildman–Crippen MR) is 54.3 cm³/mol. The van der Waals surface area contributed by atoms with E-state index in [1.54, 1.807) is 11.6 Å². The molecule has 7 nitrogen and oxygen atoms in total. The van der Waals surface area contributed by atoms with Gasteiger partial charge in [-0.3, -0.25) is 0 Å². The normalized spacial score (nSPS) is 11.6. The van der Waals surface area contributed by atoms with Gasteiger partial charge in [0.05, 0.1) is 0 Å². The van der Waals surface area contributed by atoms with Crippen LogP contribution >= 0.6 is 0 Å². The van der Waals surface area contributed by atoms with Gasteiger partial charge >= 0.3 is 5.96 Å². The Balaban J connectivity index is 2.56. The Kier molecular flexibility index (Phi) is 3.78. The standard InChI is InChI=1S/C8H9N5O2/c9-8(12-13(14)15)11-10-6-7-4-2-1-3-5-7/h1-6H,(H3,9,11,12)/p+1. The highest BCUT2D eigenvalue weighted by Gasteiger charge is 1.99. The first kappa shape index (κ1) is 10.6. The van der Waals surface area contributed by atoms with Crippen LogP contribution in [0, 0.1) is 10.1 Å². The Bertz CT molecular complexity index is 387. The number of guanidine groups is 1. The smallest absolute Gasteiger partial charge is 0.319 e. The molecule has 0 aromatic heterocycles. The zero-order chi connectivity index (χ0) is 11.1. The number of hydrazone groups is 1. The minimum atomic E-state index is -0.789. The lowest BCUT2D eigenvalue weighted by Gasteiger charge is -1.88. The third-order valence-corrected chi connectivity index (χ3v) is 1.42. The number of benzene rings is 1. The van der Waals surface area contributed by atoms with Gasteiger partial charge in [0, 0.05) is 10.7 Å². The SMILES string of the molecule is NC(=N[NH+]=Cc1ccccc1)N[N+](=O)[O-]. The number of nitrogens with two attached hydrogens (primary N) is 1. The molecule has 0 saturated carbocycles. The summed E-state index contributed by atoms with van der Waals surface area (Å²) in [7, 11) is 0. The number of rotatable bonds is 3. The van der Waals surface area contributed by atoms with E-state index < -0.39 is 5.03 Å². The van der Waals surface area contributed by atoms with Gasteiger partial charge in [-0.2, -0.15) is 0 Å². The van der Waals surface area contributed by atoms with E-state index in [1.807, 2.05) is 30.3 Å². The van der Waals surface area contributed by atoms with Crippen LogP contribution in [0.2, 0.25) is 0 Å². The van der Waals surface area contributed by atoms with Crippen LogP contribution in [0.1, 0.15) is 5.56 Å². The Hall–Kier alpha value is -2.44. The average molecular weight is 208 g/mol. The second-order valence-electron chi connectivity index (χ2n) is 2.55. The lowest BCUT2D eigenvalue weighted by molar-refractivity contribution is -0.528. The monoisotopic (exact) mass is 208 g/mol. The van der Waals surface area contributed by atoms with E-state index in [9.17, 15) is 10.1 Å². The molecule has 0 fully saturated rings. The van der Waals surface area contributed by atoms with Crippen LogP contribution < -0.4 is 16.3 Å². The summed E-state index contributed by atoms with van der Waals surface area (Å²) >= 11 is 0. The molecule has 0 radical (unpaired) electrons. The largest absolute Gasteiger partial charge is 0.360 e. The summed E-state index contributed by atoms with van der Waals surface area (Å²) < 4.78 is 0. The first-order valence-electron chi connectivity index (χ1n) is 4.06. The maximum absolute atomic E-state index is 9.94. The van der Waals surface area contributed by atoms with Gasteiger partial charge < -0.3 is 5.73 Å². The fraction of sp³-hybridized carbons (Fsp3) is 0. The molecule has 0 aliphatic heterocycles. The Morgan fingerprint density at radius 1 is 1.53 bits per heavy atom. The molecule has 1 aromatic rings. The highest BCUT2D eigenvalue weighted by atomic mass is 16.7. The maximum Gasteiger partial charge on any atom is 0.319 e. The highest BCUT2D eigenvalue weighted by Crippen LogP contribution is 1.90. The maximum atomic E-state index is 9.94. The van der Waals surface area contributed by atoms with E-state index >= 15 is 0 Å². The Morgan fingerprint density at radius 2 is 2.20 bits per heavy atom. The van der Waals surface area contributed by atoms with Gasteiger partial charge in [-0.25, -0.2) is 10.1 Å². The van der Waals surface area contributed by atoms with Crippen molar-refractivity contribution < 1.29 is 10.1 Å². The lowest BCUT2D eigenvalue weighted by Crippen LogP contribution is -2.64. The minimum Gasteiger partial charge on any atom is -0.360 e. The summed E-state index contributed by atoms with van der Waals surface area (Å²) in [5, 5.41) is 15.1. The lowest BCUT2D eigenvalue weighted by atomic mass is 10.2. The summed E-state index contributed by atoms with van der Waals surface area (Å²) in [6.45, 7) is 0. The third-order valence-electron chi connectivity index (χ3n) is 1.42. The fourth-order valence-electron chi connectivity index (χ4n) is 0.844. The summed E-state index contributed by atoms with van der Waals surface area (Å²) in [5.74, 6) is -0.313. The van der Waals surface area contributed by atoms with Gasteiger partial charge in [0.2, 0.25) is 6.21 Å². The van der Waals surface area contributed by atoms with Crippen LogP contribution in [0.15, 0.2) is 35.4 Å². The summed E-state index contributed by atoms with van der Waals surface area (Å²) in [6, 6.07) is 9.29. The molecule has 1 rings (SSSR count). The van der Waals surface area contributed by atoms with Crippen molar-refractivity contribution >= 4 is 12.2 Å². The van der Waals surface area contributed by atoms with Gasteiger partial charge in [0.15, 0.2) is 5.03 Å². The first-order valence-corrected chi connectivity index (χ1v) is 4.06. The Labute approximate surface area is 85.4 Å². The predicted octanol–water partition coefficient (Wildman–Crippen LogP) is -1.80. The van der Waals surface area contributed by atoms with Gasteiger partial charge in [-0.05, 0) is 12.1 Å². The molecule has 0 aliphatic carbocycles. The third kappa shape index (κ3) is 4.36. The molecule has 4 N–H and O–H groups in total. The van der Waals surface area contributed by atoms with Crippen molar-refractivity contribution in [2.24, 2.45) is 10.8 Å². The summed E-state index contributed by atoms with van der Waals surface area (Å²) in [5.41, 5.74) is 7.73. The van der Waals surface area contributed by atoms with E-state index in [0.717, 1.165) is 5.56 Å². The van der Waals surface area contributed by atoms with Gasteiger partial charge in [0.25, 0.3) is 0 Å². The molecule has 15 heavy (non-hydrogen) atoms. The molecule has 0 unspecified atom stereocenters. The number of hydrazine groups is 1. The van der Waals surface area contributed by atoms with Crippen LogP contribution in [0.5, 0.6) is 0 Å². The van der Waals surface area contributed by atoms with E-state index in [2.05, 4.69) is 10.2 Å². The van der Waals surface area contributed by atoms with Crippen molar-refractivity contribution in [1.29, 1.82) is 0 Å². The molecule has 0 spiro atoms. The minimum absolute atomic E-state index is 0.313. The molecule has 7 heteroatoms. The van der Waals surface area contributed by atoms with E-state index in [1.165, 1.54) is 0 Å². The van der Waals surface area contributed by atoms with Crippen molar-refractivity contribution in [3.05, 3.63) is 46.0 Å². The number of nitro groups is 1. The molecule has 78 valence electrons. The molecule has 0 aliphatic rings. The van der Waals surface area contributed by atoms with Crippen molar-refractivity contribution in [2.75, 3.05) is 0 Å². The zero-order valence-electron chi connectivity index (χ0n) is 7.75. The zero-order valence-corrected chi connectivity index (χ0v) is 7.75. The molecule has 1 aromatic carbocycles.